The third kappa shape index (κ3) is 61.6. The Morgan fingerprint density at radius 3 is 0.864 bits per heavy atom. The van der Waals surface area contributed by atoms with Gasteiger partial charge in [-0.3, -0.25) is 37.3 Å². The van der Waals surface area contributed by atoms with Crippen LogP contribution in [0.25, 0.3) is 0 Å². The van der Waals surface area contributed by atoms with Gasteiger partial charge in [-0.1, -0.05) is 292 Å². The van der Waals surface area contributed by atoms with Gasteiger partial charge in [0, 0.05) is 25.7 Å². The average Bonchev–Trinajstić information content (AvgIpc) is 3.54. The zero-order valence-electron chi connectivity index (χ0n) is 57.2. The van der Waals surface area contributed by atoms with Gasteiger partial charge in [-0.15, -0.1) is 0 Å². The molecule has 0 aromatic carbocycles. The Morgan fingerprint density at radius 1 is 0.330 bits per heavy atom. The van der Waals surface area contributed by atoms with Gasteiger partial charge in [0.25, 0.3) is 0 Å². The molecule has 19 heteroatoms. The molecule has 0 amide bonds. The Kier molecular flexibility index (Phi) is 58.7. The van der Waals surface area contributed by atoms with E-state index in [0.717, 1.165) is 108 Å². The fourth-order valence-corrected chi connectivity index (χ4v) is 11.9. The van der Waals surface area contributed by atoms with Crippen LogP contribution >= 0.6 is 15.6 Å². The molecule has 88 heavy (non-hydrogen) atoms. The monoisotopic (exact) mass is 1300 g/mol. The summed E-state index contributed by atoms with van der Waals surface area (Å²) in [5, 5.41) is 10.6. The predicted octanol–water partition coefficient (Wildman–Crippen LogP) is 19.5. The van der Waals surface area contributed by atoms with E-state index in [4.69, 9.17) is 37.0 Å². The van der Waals surface area contributed by atoms with Gasteiger partial charge in [-0.25, -0.2) is 9.13 Å². The molecular weight excluding hydrogens is 1160 g/mol. The summed E-state index contributed by atoms with van der Waals surface area (Å²) in [6.07, 6.45) is 43.0. The van der Waals surface area contributed by atoms with E-state index in [-0.39, 0.29) is 25.7 Å². The molecule has 3 unspecified atom stereocenters. The number of unbranched alkanes of at least 4 members (excludes halogenated alkanes) is 34. The van der Waals surface area contributed by atoms with Gasteiger partial charge >= 0.3 is 39.5 Å². The summed E-state index contributed by atoms with van der Waals surface area (Å²) in [4.78, 5) is 72.5. The minimum atomic E-state index is -4.95. The highest BCUT2D eigenvalue weighted by molar-refractivity contribution is 7.47. The first-order valence-corrected chi connectivity index (χ1v) is 38.9. The summed E-state index contributed by atoms with van der Waals surface area (Å²) in [6.45, 7) is 11.8. The Labute approximate surface area is 537 Å². The second-order valence-electron chi connectivity index (χ2n) is 26.1. The molecule has 0 heterocycles. The molecule has 0 rings (SSSR count). The molecule has 0 aliphatic rings. The number of carbonyl (C=O) groups excluding carboxylic acids is 4. The van der Waals surface area contributed by atoms with Crippen LogP contribution in [0.2, 0.25) is 0 Å². The minimum absolute atomic E-state index is 0.104. The lowest BCUT2D eigenvalue weighted by atomic mass is 9.99. The molecule has 17 nitrogen and oxygen atoms in total. The summed E-state index contributed by atoms with van der Waals surface area (Å²) in [5.74, 6) is 0.119. The summed E-state index contributed by atoms with van der Waals surface area (Å²) in [5.41, 5.74) is 0. The number of esters is 4. The topological polar surface area (TPSA) is 237 Å². The van der Waals surface area contributed by atoms with E-state index in [2.05, 4.69) is 48.5 Å². The van der Waals surface area contributed by atoms with Crippen LogP contribution in [0.15, 0.2) is 0 Å². The molecule has 0 bridgehead atoms. The van der Waals surface area contributed by atoms with Gasteiger partial charge in [0.15, 0.2) is 12.2 Å². The van der Waals surface area contributed by atoms with Gasteiger partial charge in [0.05, 0.1) is 26.4 Å². The van der Waals surface area contributed by atoms with E-state index in [0.29, 0.717) is 25.7 Å². The molecule has 0 radical (unpaired) electrons. The van der Waals surface area contributed by atoms with Crippen molar-refractivity contribution < 1.29 is 80.2 Å². The van der Waals surface area contributed by atoms with Gasteiger partial charge in [-0.05, 0) is 43.4 Å². The van der Waals surface area contributed by atoms with E-state index in [1.165, 1.54) is 154 Å². The number of carbonyl (C=O) groups is 4. The van der Waals surface area contributed by atoms with Crippen molar-refractivity contribution in [3.8, 4) is 0 Å². The summed E-state index contributed by atoms with van der Waals surface area (Å²) in [7, 11) is -9.90. The van der Waals surface area contributed by atoms with Crippen LogP contribution in [0, 0.1) is 17.8 Å². The minimum Gasteiger partial charge on any atom is -0.462 e. The van der Waals surface area contributed by atoms with Crippen LogP contribution < -0.4 is 0 Å². The van der Waals surface area contributed by atoms with E-state index in [9.17, 15) is 43.2 Å². The van der Waals surface area contributed by atoms with Crippen molar-refractivity contribution in [2.24, 2.45) is 17.8 Å². The average molecular weight is 1300 g/mol. The second-order valence-corrected chi connectivity index (χ2v) is 29.0. The molecule has 0 aliphatic heterocycles. The standard InChI is InChI=1S/C69H134O17P2/c1-8-10-11-12-13-14-15-16-20-29-36-43-50-66(71)79-56-64(85-68(73)52-45-38-31-21-18-17-19-28-35-42-49-62(7)9-2)58-83-87(75,76)81-54-63(70)55-82-88(77,78)84-59-65(86-69(74)53-46-39-32-25-23-27-34-41-48-61(5)6)57-80-67(72)51-44-37-30-24-22-26-33-40-47-60(3)4/h60-65,70H,8-59H2,1-7H3,(H,75,76)(H,77,78)/t62?,63-,64-,65-/m1/s1. The number of rotatable bonds is 67. The fraction of sp³-hybridized carbons (Fsp3) is 0.942. The van der Waals surface area contributed by atoms with Crippen LogP contribution in [0.4, 0.5) is 0 Å². The number of aliphatic hydroxyl groups is 1. The molecule has 0 aliphatic carbocycles. The molecule has 522 valence electrons. The highest BCUT2D eigenvalue weighted by atomic mass is 31.2. The maximum absolute atomic E-state index is 13.0. The van der Waals surface area contributed by atoms with Gasteiger partial charge < -0.3 is 33.8 Å². The van der Waals surface area contributed by atoms with E-state index in [1.807, 2.05) is 0 Å². The van der Waals surface area contributed by atoms with Crippen molar-refractivity contribution >= 4 is 39.5 Å². The van der Waals surface area contributed by atoms with Crippen molar-refractivity contribution in [3.05, 3.63) is 0 Å². The van der Waals surface area contributed by atoms with Crippen molar-refractivity contribution in [3.63, 3.8) is 0 Å². The summed E-state index contributed by atoms with van der Waals surface area (Å²) < 4.78 is 68.2. The first-order chi connectivity index (χ1) is 42.3. The Morgan fingerprint density at radius 2 is 0.580 bits per heavy atom. The third-order valence-corrected chi connectivity index (χ3v) is 18.1. The highest BCUT2D eigenvalue weighted by Crippen LogP contribution is 2.45. The van der Waals surface area contributed by atoms with Gasteiger partial charge in [0.1, 0.15) is 19.3 Å². The van der Waals surface area contributed by atoms with Crippen LogP contribution in [0.3, 0.4) is 0 Å². The number of hydrogen-bond acceptors (Lipinski definition) is 15. The van der Waals surface area contributed by atoms with Crippen LogP contribution in [0.5, 0.6) is 0 Å². The molecule has 3 N–H and O–H groups in total. The zero-order chi connectivity index (χ0) is 65.2. The van der Waals surface area contributed by atoms with E-state index in [1.54, 1.807) is 0 Å². The number of phosphoric acid groups is 2. The van der Waals surface area contributed by atoms with Crippen molar-refractivity contribution in [2.75, 3.05) is 39.6 Å². The van der Waals surface area contributed by atoms with E-state index >= 15 is 0 Å². The quantitative estimate of drug-likeness (QED) is 0.0222. The molecule has 0 aromatic rings. The number of aliphatic hydroxyl groups excluding tert-OH is 1. The van der Waals surface area contributed by atoms with Crippen molar-refractivity contribution in [1.82, 2.24) is 0 Å². The first kappa shape index (κ1) is 86.1. The number of ether oxygens (including phenoxy) is 4. The van der Waals surface area contributed by atoms with Crippen LogP contribution in [0.1, 0.15) is 344 Å². The number of phosphoric ester groups is 2. The SMILES string of the molecule is CCCCCCCCCCCCCCC(=O)OC[C@H](COP(=O)(O)OC[C@@H](O)COP(=O)(O)OC[C@@H](COC(=O)CCCCCCCCCCC(C)C)OC(=O)CCCCCCCCCCC(C)C)OC(=O)CCCCCCCCCCCCC(C)CC. The lowest BCUT2D eigenvalue weighted by molar-refractivity contribution is -0.161. The van der Waals surface area contributed by atoms with E-state index < -0.39 is 97.5 Å². The lowest BCUT2D eigenvalue weighted by Crippen LogP contribution is -2.30. The Hall–Kier alpha value is -1.94. The maximum Gasteiger partial charge on any atom is 0.472 e. The van der Waals surface area contributed by atoms with Crippen LogP contribution in [-0.4, -0.2) is 96.7 Å². The molecule has 6 atom stereocenters. The molecule has 0 spiro atoms. The maximum atomic E-state index is 13.0. The van der Waals surface area contributed by atoms with Crippen LogP contribution in [-0.2, 0) is 65.4 Å². The lowest BCUT2D eigenvalue weighted by Gasteiger charge is -2.21. The molecule has 0 saturated heterocycles. The highest BCUT2D eigenvalue weighted by Gasteiger charge is 2.30. The normalized spacial score (nSPS) is 14.5. The fourth-order valence-electron chi connectivity index (χ4n) is 10.3. The Bertz CT molecular complexity index is 1730. The smallest absolute Gasteiger partial charge is 0.462 e. The molecule has 0 fully saturated rings. The third-order valence-electron chi connectivity index (χ3n) is 16.2. The first-order valence-electron chi connectivity index (χ1n) is 35.9. The van der Waals surface area contributed by atoms with Crippen molar-refractivity contribution in [1.29, 1.82) is 0 Å². The Balaban J connectivity index is 5.26. The molecular formula is C69H134O17P2. The van der Waals surface area contributed by atoms with Gasteiger partial charge in [-0.2, -0.15) is 0 Å². The van der Waals surface area contributed by atoms with Crippen molar-refractivity contribution in [2.45, 2.75) is 362 Å². The number of hydrogen-bond donors (Lipinski definition) is 3. The van der Waals surface area contributed by atoms with Gasteiger partial charge in [0.2, 0.25) is 0 Å². The largest absolute Gasteiger partial charge is 0.472 e. The summed E-state index contributed by atoms with van der Waals surface area (Å²) >= 11 is 0. The second kappa shape index (κ2) is 60.0. The molecule has 0 saturated carbocycles. The molecule has 0 aromatic heterocycles. The zero-order valence-corrected chi connectivity index (χ0v) is 59.0. The predicted molar refractivity (Wildman–Crippen MR) is 354 cm³/mol. The summed E-state index contributed by atoms with van der Waals surface area (Å²) in [6, 6.07) is 0.